The van der Waals surface area contributed by atoms with E-state index in [-0.39, 0.29) is 12.0 Å². The van der Waals surface area contributed by atoms with Crippen molar-refractivity contribution in [1.29, 1.82) is 0 Å². The number of hydrogen-bond acceptors (Lipinski definition) is 6. The van der Waals surface area contributed by atoms with Crippen molar-refractivity contribution in [2.45, 2.75) is 38.0 Å². The summed E-state index contributed by atoms with van der Waals surface area (Å²) < 4.78 is 11.7. The normalized spacial score (nSPS) is 16.0. The molecule has 33 heavy (non-hydrogen) atoms. The lowest BCUT2D eigenvalue weighted by molar-refractivity contribution is 0.0640. The third-order valence-electron chi connectivity index (χ3n) is 6.01. The van der Waals surface area contributed by atoms with Crippen molar-refractivity contribution < 1.29 is 9.26 Å². The maximum Gasteiger partial charge on any atom is 0.240 e. The van der Waals surface area contributed by atoms with Crippen molar-refractivity contribution in [1.82, 2.24) is 20.0 Å². The van der Waals surface area contributed by atoms with Gasteiger partial charge in [0, 0.05) is 32.1 Å². The van der Waals surface area contributed by atoms with Crippen molar-refractivity contribution in [2.75, 3.05) is 13.2 Å². The minimum absolute atomic E-state index is 0.0725. The summed E-state index contributed by atoms with van der Waals surface area (Å²) in [6, 6.07) is 24.8. The van der Waals surface area contributed by atoms with E-state index in [9.17, 15) is 0 Å². The number of aromatic nitrogens is 3. The number of hydrogen-bond donors (Lipinski definition) is 0. The van der Waals surface area contributed by atoms with E-state index in [4.69, 9.17) is 14.2 Å². The molecule has 1 aliphatic heterocycles. The molecular formula is C27H28N4O2. The van der Waals surface area contributed by atoms with E-state index < -0.39 is 0 Å². The Morgan fingerprint density at radius 2 is 1.58 bits per heavy atom. The van der Waals surface area contributed by atoms with Crippen LogP contribution in [0.5, 0.6) is 0 Å². The van der Waals surface area contributed by atoms with E-state index in [0.29, 0.717) is 18.3 Å². The van der Waals surface area contributed by atoms with Crippen molar-refractivity contribution in [3.05, 3.63) is 114 Å². The van der Waals surface area contributed by atoms with Crippen LogP contribution in [0.25, 0.3) is 0 Å². The molecule has 1 atom stereocenters. The summed E-state index contributed by atoms with van der Waals surface area (Å²) in [7, 11) is 0. The fraction of sp³-hybridized carbons (Fsp3) is 0.296. The van der Waals surface area contributed by atoms with Gasteiger partial charge in [-0.2, -0.15) is 4.98 Å². The van der Waals surface area contributed by atoms with Gasteiger partial charge in [-0.05, 0) is 41.7 Å². The van der Waals surface area contributed by atoms with Crippen LogP contribution < -0.4 is 0 Å². The van der Waals surface area contributed by atoms with E-state index in [1.807, 2.05) is 60.9 Å². The first-order valence-electron chi connectivity index (χ1n) is 11.5. The lowest BCUT2D eigenvalue weighted by Gasteiger charge is -2.23. The molecule has 2 aromatic heterocycles. The van der Waals surface area contributed by atoms with Gasteiger partial charge in [-0.25, -0.2) is 0 Å². The van der Waals surface area contributed by atoms with Crippen molar-refractivity contribution in [3.8, 4) is 0 Å². The summed E-state index contributed by atoms with van der Waals surface area (Å²) in [5, 5.41) is 4.41. The second-order valence-corrected chi connectivity index (χ2v) is 8.46. The predicted molar refractivity (Wildman–Crippen MR) is 125 cm³/mol. The minimum Gasteiger partial charge on any atom is -0.377 e. The molecule has 168 valence electrons. The van der Waals surface area contributed by atoms with Gasteiger partial charge in [-0.3, -0.25) is 9.88 Å². The number of ether oxygens (including phenoxy) is 1. The van der Waals surface area contributed by atoms with E-state index in [1.165, 1.54) is 5.56 Å². The molecule has 0 spiro atoms. The fourth-order valence-electron chi connectivity index (χ4n) is 4.43. The molecule has 0 bridgehead atoms. The maximum absolute atomic E-state index is 5.90. The molecule has 3 heterocycles. The molecule has 4 aromatic rings. The van der Waals surface area contributed by atoms with Gasteiger partial charge in [0.1, 0.15) is 0 Å². The number of rotatable bonds is 9. The zero-order valence-corrected chi connectivity index (χ0v) is 18.6. The van der Waals surface area contributed by atoms with Gasteiger partial charge in [-0.15, -0.1) is 0 Å². The van der Waals surface area contributed by atoms with E-state index in [1.54, 1.807) is 0 Å². The maximum atomic E-state index is 5.90. The molecule has 6 nitrogen and oxygen atoms in total. The average Bonchev–Trinajstić information content (AvgIpc) is 3.54. The summed E-state index contributed by atoms with van der Waals surface area (Å²) in [5.41, 5.74) is 3.49. The number of benzene rings is 2. The van der Waals surface area contributed by atoms with Crippen LogP contribution in [-0.2, 0) is 17.8 Å². The van der Waals surface area contributed by atoms with Crippen LogP contribution in [0.4, 0.5) is 0 Å². The Morgan fingerprint density at radius 3 is 2.21 bits per heavy atom. The van der Waals surface area contributed by atoms with Gasteiger partial charge >= 0.3 is 0 Å². The van der Waals surface area contributed by atoms with Crippen LogP contribution >= 0.6 is 0 Å². The van der Waals surface area contributed by atoms with Gasteiger partial charge in [0.25, 0.3) is 0 Å². The second kappa shape index (κ2) is 10.5. The first-order chi connectivity index (χ1) is 16.3. The summed E-state index contributed by atoms with van der Waals surface area (Å²) >= 11 is 0. The van der Waals surface area contributed by atoms with Crippen LogP contribution in [0.1, 0.15) is 47.2 Å². The molecule has 1 unspecified atom stereocenters. The Hall–Kier alpha value is -3.35. The van der Waals surface area contributed by atoms with E-state index in [2.05, 4.69) is 39.3 Å². The zero-order chi connectivity index (χ0) is 22.3. The monoisotopic (exact) mass is 440 g/mol. The molecule has 0 radical (unpaired) electrons. The Bertz CT molecular complexity index is 1070. The quantitative estimate of drug-likeness (QED) is 0.372. The molecule has 0 saturated carbocycles. The van der Waals surface area contributed by atoms with Crippen LogP contribution in [0.15, 0.2) is 89.7 Å². The molecule has 0 aliphatic carbocycles. The minimum atomic E-state index is -0.0725. The molecule has 1 saturated heterocycles. The highest BCUT2D eigenvalue weighted by Crippen LogP contribution is 2.30. The van der Waals surface area contributed by atoms with E-state index in [0.717, 1.165) is 43.7 Å². The lowest BCUT2D eigenvalue weighted by Crippen LogP contribution is -2.31. The van der Waals surface area contributed by atoms with Crippen LogP contribution in [0, 0.1) is 0 Å². The molecule has 5 rings (SSSR count). The molecular weight excluding hydrogens is 412 g/mol. The summed E-state index contributed by atoms with van der Waals surface area (Å²) in [6.45, 7) is 3.03. The van der Waals surface area contributed by atoms with Gasteiger partial charge in [0.15, 0.2) is 5.82 Å². The van der Waals surface area contributed by atoms with Gasteiger partial charge in [0.2, 0.25) is 5.89 Å². The summed E-state index contributed by atoms with van der Waals surface area (Å²) in [5.74, 6) is 1.23. The molecule has 1 fully saturated rings. The SMILES string of the molecule is c1ccc(C(c2ccccc2)c2noc(CN(Cc3ccncc3)CC3CCCO3)n2)cc1. The Morgan fingerprint density at radius 1 is 0.879 bits per heavy atom. The molecule has 0 N–H and O–H groups in total. The topological polar surface area (TPSA) is 64.3 Å². The summed E-state index contributed by atoms with van der Waals surface area (Å²) in [4.78, 5) is 11.3. The van der Waals surface area contributed by atoms with Gasteiger partial charge in [0.05, 0.1) is 18.6 Å². The zero-order valence-electron chi connectivity index (χ0n) is 18.6. The Kier molecular flexibility index (Phi) is 6.85. The summed E-state index contributed by atoms with van der Waals surface area (Å²) in [6.07, 6.45) is 6.11. The first kappa shape index (κ1) is 21.5. The highest BCUT2D eigenvalue weighted by atomic mass is 16.5. The first-order valence-corrected chi connectivity index (χ1v) is 11.5. The molecule has 6 heteroatoms. The molecule has 0 amide bonds. The van der Waals surface area contributed by atoms with Crippen molar-refractivity contribution >= 4 is 0 Å². The highest BCUT2D eigenvalue weighted by Gasteiger charge is 2.25. The molecule has 2 aromatic carbocycles. The third-order valence-corrected chi connectivity index (χ3v) is 6.01. The predicted octanol–water partition coefficient (Wildman–Crippen LogP) is 4.83. The smallest absolute Gasteiger partial charge is 0.240 e. The van der Waals surface area contributed by atoms with Crippen LogP contribution in [-0.4, -0.2) is 39.3 Å². The van der Waals surface area contributed by atoms with Gasteiger partial charge < -0.3 is 9.26 Å². The number of pyridine rings is 1. The largest absolute Gasteiger partial charge is 0.377 e. The van der Waals surface area contributed by atoms with E-state index >= 15 is 0 Å². The second-order valence-electron chi connectivity index (χ2n) is 8.46. The van der Waals surface area contributed by atoms with Crippen LogP contribution in [0.3, 0.4) is 0 Å². The molecule has 1 aliphatic rings. The van der Waals surface area contributed by atoms with Crippen molar-refractivity contribution in [3.63, 3.8) is 0 Å². The lowest BCUT2D eigenvalue weighted by atomic mass is 9.91. The third kappa shape index (κ3) is 5.53. The Balaban J connectivity index is 1.38. The standard InChI is InChI=1S/C27H28N4O2/c1-3-8-22(9-4-1)26(23-10-5-2-6-11-23)27-29-25(33-30-27)20-31(19-24-12-7-17-32-24)18-21-13-15-28-16-14-21/h1-6,8-11,13-16,24,26H,7,12,17-20H2. The average molecular weight is 441 g/mol. The van der Waals surface area contributed by atoms with Gasteiger partial charge in [-0.1, -0.05) is 65.8 Å². The van der Waals surface area contributed by atoms with Crippen molar-refractivity contribution in [2.24, 2.45) is 0 Å². The Labute approximate surface area is 194 Å². The highest BCUT2D eigenvalue weighted by molar-refractivity contribution is 5.37. The van der Waals surface area contributed by atoms with Crippen LogP contribution in [0.2, 0.25) is 0 Å². The fourth-order valence-corrected chi connectivity index (χ4v) is 4.43. The number of nitrogens with zero attached hydrogens (tertiary/aromatic N) is 4.